The molecule has 0 unspecified atom stereocenters. The number of aryl methyl sites for hydroxylation is 1. The van der Waals surface area contributed by atoms with Gasteiger partial charge in [-0.15, -0.1) is 0 Å². The first-order valence-electron chi connectivity index (χ1n) is 7.63. The average molecular weight is 324 g/mol. The molecule has 1 fully saturated rings. The smallest absolute Gasteiger partial charge is 0.314 e. The van der Waals surface area contributed by atoms with Gasteiger partial charge in [-0.1, -0.05) is 23.7 Å². The Morgan fingerprint density at radius 3 is 2.73 bits per heavy atom. The van der Waals surface area contributed by atoms with E-state index in [4.69, 9.17) is 17.3 Å². The van der Waals surface area contributed by atoms with E-state index in [-0.39, 0.29) is 11.8 Å². The van der Waals surface area contributed by atoms with Crippen molar-refractivity contribution < 1.29 is 9.59 Å². The molecular weight excluding hydrogens is 302 g/mol. The minimum Gasteiger partial charge on any atom is -0.356 e. The summed E-state index contributed by atoms with van der Waals surface area (Å²) >= 11 is 5.84. The van der Waals surface area contributed by atoms with E-state index in [1.807, 2.05) is 24.3 Å². The monoisotopic (exact) mass is 323 g/mol. The van der Waals surface area contributed by atoms with Gasteiger partial charge in [0.15, 0.2) is 0 Å². The van der Waals surface area contributed by atoms with Crippen molar-refractivity contribution in [2.75, 3.05) is 19.6 Å². The number of carbonyl (C=O) groups excluding carboxylic acids is 2. The number of rotatable bonds is 5. The van der Waals surface area contributed by atoms with E-state index in [1.165, 1.54) is 5.56 Å². The molecule has 1 atom stereocenters. The van der Waals surface area contributed by atoms with Crippen molar-refractivity contribution >= 4 is 23.5 Å². The van der Waals surface area contributed by atoms with Crippen molar-refractivity contribution in [1.29, 1.82) is 0 Å². The van der Waals surface area contributed by atoms with Gasteiger partial charge in [-0.2, -0.15) is 0 Å². The topological polar surface area (TPSA) is 75.4 Å². The Morgan fingerprint density at radius 1 is 1.32 bits per heavy atom. The third-order valence-corrected chi connectivity index (χ3v) is 4.21. The van der Waals surface area contributed by atoms with Gasteiger partial charge in [0.1, 0.15) is 0 Å². The van der Waals surface area contributed by atoms with Gasteiger partial charge in [0.05, 0.1) is 5.92 Å². The van der Waals surface area contributed by atoms with Crippen molar-refractivity contribution in [1.82, 2.24) is 10.2 Å². The molecule has 1 aliphatic heterocycles. The Bertz CT molecular complexity index is 519. The molecule has 5 nitrogen and oxygen atoms in total. The molecule has 1 aromatic rings. The summed E-state index contributed by atoms with van der Waals surface area (Å²) < 4.78 is 0. The van der Waals surface area contributed by atoms with Crippen LogP contribution in [0, 0.1) is 5.92 Å². The van der Waals surface area contributed by atoms with Gasteiger partial charge < -0.3 is 16.0 Å². The molecule has 0 aliphatic carbocycles. The number of nitrogens with zero attached hydrogens (tertiary/aromatic N) is 1. The molecule has 2 rings (SSSR count). The number of amides is 3. The van der Waals surface area contributed by atoms with E-state index < -0.39 is 6.03 Å². The first-order chi connectivity index (χ1) is 10.6. The van der Waals surface area contributed by atoms with Crippen LogP contribution >= 0.6 is 11.6 Å². The minimum absolute atomic E-state index is 0.0158. The van der Waals surface area contributed by atoms with Crippen LogP contribution in [0.25, 0.3) is 0 Å². The van der Waals surface area contributed by atoms with Crippen LogP contribution in [0.1, 0.15) is 24.8 Å². The number of hydrogen-bond donors (Lipinski definition) is 2. The van der Waals surface area contributed by atoms with Crippen molar-refractivity contribution in [2.24, 2.45) is 11.7 Å². The summed E-state index contributed by atoms with van der Waals surface area (Å²) in [5.41, 5.74) is 6.48. The highest BCUT2D eigenvalue weighted by atomic mass is 35.5. The van der Waals surface area contributed by atoms with Crippen LogP contribution in [0.15, 0.2) is 24.3 Å². The zero-order valence-electron chi connectivity index (χ0n) is 12.6. The maximum absolute atomic E-state index is 12.1. The second-order valence-corrected chi connectivity index (χ2v) is 6.08. The van der Waals surface area contributed by atoms with E-state index in [0.717, 1.165) is 30.7 Å². The maximum atomic E-state index is 12.1. The van der Waals surface area contributed by atoms with Gasteiger partial charge in [0, 0.05) is 24.7 Å². The SMILES string of the molecule is NC(=O)N1CCC[C@H](C(=O)NCCCc2ccc(Cl)cc2)C1. The Morgan fingerprint density at radius 2 is 2.05 bits per heavy atom. The summed E-state index contributed by atoms with van der Waals surface area (Å²) in [5, 5.41) is 3.68. The highest BCUT2D eigenvalue weighted by molar-refractivity contribution is 6.30. The van der Waals surface area contributed by atoms with Crippen LogP contribution in [0.4, 0.5) is 4.79 Å². The van der Waals surface area contributed by atoms with E-state index in [9.17, 15) is 9.59 Å². The molecule has 0 aromatic heterocycles. The summed E-state index contributed by atoms with van der Waals surface area (Å²) in [6.07, 6.45) is 3.41. The summed E-state index contributed by atoms with van der Waals surface area (Å²) in [6, 6.07) is 7.29. The predicted molar refractivity (Wildman–Crippen MR) is 86.7 cm³/mol. The molecule has 1 aliphatic rings. The second kappa shape index (κ2) is 8.03. The number of urea groups is 1. The molecule has 3 N–H and O–H groups in total. The Balaban J connectivity index is 1.69. The average Bonchev–Trinajstić information content (AvgIpc) is 2.53. The Kier molecular flexibility index (Phi) is 6.07. The molecule has 0 saturated carbocycles. The molecule has 0 bridgehead atoms. The maximum Gasteiger partial charge on any atom is 0.314 e. The lowest BCUT2D eigenvalue weighted by atomic mass is 9.97. The Hall–Kier alpha value is -1.75. The number of hydrogen-bond acceptors (Lipinski definition) is 2. The number of piperidine rings is 1. The van der Waals surface area contributed by atoms with Crippen LogP contribution in [0.3, 0.4) is 0 Å². The van der Waals surface area contributed by atoms with Crippen LogP contribution < -0.4 is 11.1 Å². The normalized spacial score (nSPS) is 18.0. The van der Waals surface area contributed by atoms with E-state index in [2.05, 4.69) is 5.32 Å². The predicted octanol–water partition coefficient (Wildman–Crippen LogP) is 2.18. The van der Waals surface area contributed by atoms with Gasteiger partial charge >= 0.3 is 6.03 Å². The molecule has 120 valence electrons. The molecule has 6 heteroatoms. The van der Waals surface area contributed by atoms with Crippen LogP contribution in [0.5, 0.6) is 0 Å². The van der Waals surface area contributed by atoms with Crippen molar-refractivity contribution in [3.8, 4) is 0 Å². The van der Waals surface area contributed by atoms with Gasteiger partial charge in [-0.3, -0.25) is 4.79 Å². The molecule has 1 heterocycles. The van der Waals surface area contributed by atoms with Gasteiger partial charge in [-0.25, -0.2) is 4.79 Å². The van der Waals surface area contributed by atoms with Gasteiger partial charge in [-0.05, 0) is 43.4 Å². The lowest BCUT2D eigenvalue weighted by Gasteiger charge is -2.30. The molecule has 0 radical (unpaired) electrons. The number of carbonyl (C=O) groups is 2. The van der Waals surface area contributed by atoms with Gasteiger partial charge in [0.2, 0.25) is 5.91 Å². The van der Waals surface area contributed by atoms with E-state index in [1.54, 1.807) is 4.90 Å². The van der Waals surface area contributed by atoms with E-state index >= 15 is 0 Å². The fourth-order valence-corrected chi connectivity index (χ4v) is 2.82. The molecule has 22 heavy (non-hydrogen) atoms. The number of nitrogens with one attached hydrogen (secondary N) is 1. The summed E-state index contributed by atoms with van der Waals surface area (Å²) in [5.74, 6) is -0.126. The minimum atomic E-state index is -0.444. The fraction of sp³-hybridized carbons (Fsp3) is 0.500. The number of nitrogens with two attached hydrogens (primary N) is 1. The van der Waals surface area contributed by atoms with Gasteiger partial charge in [0.25, 0.3) is 0 Å². The molecule has 1 aromatic carbocycles. The quantitative estimate of drug-likeness (QED) is 0.815. The van der Waals surface area contributed by atoms with Crippen molar-refractivity contribution in [3.63, 3.8) is 0 Å². The van der Waals surface area contributed by atoms with Crippen LogP contribution in [-0.4, -0.2) is 36.5 Å². The summed E-state index contributed by atoms with van der Waals surface area (Å²) in [7, 11) is 0. The van der Waals surface area contributed by atoms with Crippen LogP contribution in [0.2, 0.25) is 5.02 Å². The third kappa shape index (κ3) is 4.91. The number of benzene rings is 1. The molecule has 1 saturated heterocycles. The Labute approximate surface area is 135 Å². The van der Waals surface area contributed by atoms with E-state index in [0.29, 0.717) is 19.6 Å². The zero-order chi connectivity index (χ0) is 15.9. The zero-order valence-corrected chi connectivity index (χ0v) is 13.3. The largest absolute Gasteiger partial charge is 0.356 e. The second-order valence-electron chi connectivity index (χ2n) is 5.64. The highest BCUT2D eigenvalue weighted by Gasteiger charge is 2.26. The summed E-state index contributed by atoms with van der Waals surface area (Å²) in [4.78, 5) is 24.8. The number of primary amides is 1. The molecule has 0 spiro atoms. The summed E-state index contributed by atoms with van der Waals surface area (Å²) in [6.45, 7) is 1.71. The highest BCUT2D eigenvalue weighted by Crippen LogP contribution is 2.16. The number of halogens is 1. The van der Waals surface area contributed by atoms with Crippen molar-refractivity contribution in [2.45, 2.75) is 25.7 Å². The fourth-order valence-electron chi connectivity index (χ4n) is 2.69. The third-order valence-electron chi connectivity index (χ3n) is 3.96. The molecule has 3 amide bonds. The lowest BCUT2D eigenvalue weighted by molar-refractivity contribution is -0.126. The number of likely N-dealkylation sites (tertiary alicyclic amines) is 1. The standard InChI is InChI=1S/C16H22ClN3O2/c17-14-7-5-12(6-8-14)3-1-9-19-15(21)13-4-2-10-20(11-13)16(18)22/h5-8,13H,1-4,9-11H2,(H2,18,22)(H,19,21)/t13-/m0/s1. The molecular formula is C16H22ClN3O2. The van der Waals surface area contributed by atoms with Crippen LogP contribution in [-0.2, 0) is 11.2 Å². The first-order valence-corrected chi connectivity index (χ1v) is 8.00. The lowest BCUT2D eigenvalue weighted by Crippen LogP contribution is -2.47. The first kappa shape index (κ1) is 16.6. The van der Waals surface area contributed by atoms with Crippen molar-refractivity contribution in [3.05, 3.63) is 34.9 Å².